The number of nitrogens with one attached hydrogen (secondary N) is 1. The fourth-order valence-electron chi connectivity index (χ4n) is 3.71. The number of aromatic nitrogens is 3. The molecule has 1 amide bonds. The molecule has 0 saturated heterocycles. The fourth-order valence-corrected chi connectivity index (χ4v) is 3.71. The molecule has 0 aliphatic carbocycles. The molecule has 0 aliphatic rings. The summed E-state index contributed by atoms with van der Waals surface area (Å²) in [6, 6.07) is 15.3. The molecule has 0 aliphatic heterocycles. The number of fused-ring (bicyclic) bond motifs is 1. The van der Waals surface area contributed by atoms with Gasteiger partial charge >= 0.3 is 5.97 Å². The molecule has 8 nitrogen and oxygen atoms in total. The second-order valence-electron chi connectivity index (χ2n) is 7.96. The minimum absolute atomic E-state index is 0.134. The van der Waals surface area contributed by atoms with Crippen LogP contribution in [-0.4, -0.2) is 39.9 Å². The SMILES string of the molecule is CCOC(=O)c1cnn(-c2cc(C)c3ccccc3n2)c1NC(=O)COc1ccc(C)cc1C. The second-order valence-corrected chi connectivity index (χ2v) is 7.96. The summed E-state index contributed by atoms with van der Waals surface area (Å²) in [5.41, 5.74) is 3.94. The molecular formula is C26H26N4O4. The molecule has 34 heavy (non-hydrogen) atoms. The Kier molecular flexibility index (Phi) is 6.58. The van der Waals surface area contributed by atoms with Gasteiger partial charge in [0.2, 0.25) is 0 Å². The molecule has 1 N–H and O–H groups in total. The average Bonchev–Trinajstić information content (AvgIpc) is 3.22. The van der Waals surface area contributed by atoms with Gasteiger partial charge in [0.15, 0.2) is 18.2 Å². The second kappa shape index (κ2) is 9.74. The standard InChI is InChI=1S/C26H26N4O4/c1-5-33-26(32)20-14-27-30(23-13-17(3)19-8-6-7-9-21(19)28-23)25(20)29-24(31)15-34-22-11-10-16(2)12-18(22)4/h6-14H,5,15H2,1-4H3,(H,29,31). The van der Waals surface area contributed by atoms with Crippen LogP contribution in [0.5, 0.6) is 5.75 Å². The Balaban J connectivity index is 1.65. The maximum Gasteiger partial charge on any atom is 0.343 e. The van der Waals surface area contributed by atoms with Gasteiger partial charge in [-0.05, 0) is 57.0 Å². The minimum atomic E-state index is -0.586. The van der Waals surface area contributed by atoms with E-state index in [0.717, 1.165) is 27.6 Å². The lowest BCUT2D eigenvalue weighted by atomic mass is 10.1. The molecule has 2 aromatic carbocycles. The van der Waals surface area contributed by atoms with Crippen LogP contribution in [0.1, 0.15) is 34.0 Å². The number of hydrogen-bond donors (Lipinski definition) is 1. The molecule has 4 aromatic rings. The van der Waals surface area contributed by atoms with E-state index >= 15 is 0 Å². The van der Waals surface area contributed by atoms with Crippen LogP contribution in [0.25, 0.3) is 16.7 Å². The predicted molar refractivity (Wildman–Crippen MR) is 130 cm³/mol. The molecule has 0 saturated carbocycles. The van der Waals surface area contributed by atoms with Gasteiger partial charge in [-0.2, -0.15) is 9.78 Å². The van der Waals surface area contributed by atoms with Crippen LogP contribution in [0.4, 0.5) is 5.82 Å². The number of carbonyl (C=O) groups is 2. The van der Waals surface area contributed by atoms with E-state index in [1.54, 1.807) is 6.92 Å². The van der Waals surface area contributed by atoms with Crippen LogP contribution in [0.2, 0.25) is 0 Å². The summed E-state index contributed by atoms with van der Waals surface area (Å²) in [5, 5.41) is 8.10. The first-order valence-electron chi connectivity index (χ1n) is 11.0. The van der Waals surface area contributed by atoms with E-state index in [0.29, 0.717) is 11.6 Å². The molecule has 2 aromatic heterocycles. The van der Waals surface area contributed by atoms with Crippen LogP contribution in [0.15, 0.2) is 54.7 Å². The van der Waals surface area contributed by atoms with E-state index in [1.807, 2.05) is 69.3 Å². The minimum Gasteiger partial charge on any atom is -0.483 e. The number of benzene rings is 2. The Labute approximate surface area is 197 Å². The van der Waals surface area contributed by atoms with Gasteiger partial charge in [0.25, 0.3) is 5.91 Å². The third kappa shape index (κ3) is 4.76. The molecule has 0 atom stereocenters. The van der Waals surface area contributed by atoms with Gasteiger partial charge in [-0.3, -0.25) is 4.79 Å². The van der Waals surface area contributed by atoms with Crippen molar-refractivity contribution in [3.63, 3.8) is 0 Å². The van der Waals surface area contributed by atoms with Gasteiger partial charge in [-0.1, -0.05) is 35.9 Å². The first-order valence-corrected chi connectivity index (χ1v) is 11.0. The van der Waals surface area contributed by atoms with E-state index in [2.05, 4.69) is 15.4 Å². The summed E-state index contributed by atoms with van der Waals surface area (Å²) in [4.78, 5) is 30.0. The molecule has 2 heterocycles. The van der Waals surface area contributed by atoms with Gasteiger partial charge in [-0.25, -0.2) is 9.78 Å². The molecule has 0 radical (unpaired) electrons. The Bertz CT molecular complexity index is 1380. The summed E-state index contributed by atoms with van der Waals surface area (Å²) in [6.07, 6.45) is 1.37. The van der Waals surface area contributed by atoms with Crippen LogP contribution >= 0.6 is 0 Å². The van der Waals surface area contributed by atoms with Crippen LogP contribution in [0, 0.1) is 20.8 Å². The number of para-hydroxylation sites is 1. The van der Waals surface area contributed by atoms with Crippen molar-refractivity contribution >= 4 is 28.6 Å². The Morgan fingerprint density at radius 1 is 1.03 bits per heavy atom. The molecule has 8 heteroatoms. The van der Waals surface area contributed by atoms with E-state index in [9.17, 15) is 9.59 Å². The number of carbonyl (C=O) groups excluding carboxylic acids is 2. The van der Waals surface area contributed by atoms with E-state index in [4.69, 9.17) is 9.47 Å². The van der Waals surface area contributed by atoms with Gasteiger partial charge in [0, 0.05) is 5.39 Å². The number of rotatable bonds is 7. The lowest BCUT2D eigenvalue weighted by Crippen LogP contribution is -2.24. The first kappa shape index (κ1) is 23.0. The van der Waals surface area contributed by atoms with E-state index < -0.39 is 11.9 Å². The maximum atomic E-state index is 12.8. The number of anilines is 1. The smallest absolute Gasteiger partial charge is 0.343 e. The predicted octanol–water partition coefficient (Wildman–Crippen LogP) is 4.54. The largest absolute Gasteiger partial charge is 0.483 e. The highest BCUT2D eigenvalue weighted by molar-refractivity contribution is 6.01. The number of aryl methyl sites for hydroxylation is 3. The third-order valence-corrected chi connectivity index (χ3v) is 5.34. The molecule has 4 rings (SSSR count). The van der Waals surface area contributed by atoms with Gasteiger partial charge < -0.3 is 14.8 Å². The fraction of sp³-hybridized carbons (Fsp3) is 0.231. The van der Waals surface area contributed by atoms with Crippen molar-refractivity contribution in [1.29, 1.82) is 0 Å². The summed E-state index contributed by atoms with van der Waals surface area (Å²) in [7, 11) is 0. The molecule has 0 fully saturated rings. The third-order valence-electron chi connectivity index (χ3n) is 5.34. The lowest BCUT2D eigenvalue weighted by Gasteiger charge is -2.13. The Hall–Kier alpha value is -4.20. The Morgan fingerprint density at radius 2 is 1.82 bits per heavy atom. The normalized spacial score (nSPS) is 10.8. The highest BCUT2D eigenvalue weighted by atomic mass is 16.5. The topological polar surface area (TPSA) is 95.3 Å². The van der Waals surface area contributed by atoms with E-state index in [-0.39, 0.29) is 24.6 Å². The number of nitrogens with zero attached hydrogens (tertiary/aromatic N) is 3. The first-order chi connectivity index (χ1) is 16.4. The number of esters is 1. The van der Waals surface area contributed by atoms with Crippen LogP contribution in [0.3, 0.4) is 0 Å². The summed E-state index contributed by atoms with van der Waals surface area (Å²) in [5.74, 6) is 0.237. The van der Waals surface area contributed by atoms with Crippen LogP contribution < -0.4 is 10.1 Å². The monoisotopic (exact) mass is 458 g/mol. The highest BCUT2D eigenvalue weighted by Gasteiger charge is 2.23. The summed E-state index contributed by atoms with van der Waals surface area (Å²) >= 11 is 0. The van der Waals surface area contributed by atoms with Gasteiger partial charge in [-0.15, -0.1) is 0 Å². The van der Waals surface area contributed by atoms with Crippen molar-refractivity contribution < 1.29 is 19.1 Å². The van der Waals surface area contributed by atoms with Crippen molar-refractivity contribution in [2.45, 2.75) is 27.7 Å². The number of hydrogen-bond acceptors (Lipinski definition) is 6. The quantitative estimate of drug-likeness (QED) is 0.409. The summed E-state index contributed by atoms with van der Waals surface area (Å²) < 4.78 is 12.3. The Morgan fingerprint density at radius 3 is 2.59 bits per heavy atom. The van der Waals surface area contributed by atoms with Gasteiger partial charge in [0.1, 0.15) is 11.3 Å². The van der Waals surface area contributed by atoms with Gasteiger partial charge in [0.05, 0.1) is 18.3 Å². The zero-order valence-corrected chi connectivity index (χ0v) is 19.6. The summed E-state index contributed by atoms with van der Waals surface area (Å²) in [6.45, 7) is 7.56. The molecule has 0 spiro atoms. The molecule has 0 bridgehead atoms. The zero-order valence-electron chi connectivity index (χ0n) is 19.6. The molecule has 174 valence electrons. The number of pyridine rings is 1. The molecular weight excluding hydrogens is 432 g/mol. The maximum absolute atomic E-state index is 12.8. The number of amides is 1. The highest BCUT2D eigenvalue weighted by Crippen LogP contribution is 2.25. The molecule has 0 unspecified atom stereocenters. The van der Waals surface area contributed by atoms with Crippen LogP contribution in [-0.2, 0) is 9.53 Å². The van der Waals surface area contributed by atoms with Crippen molar-refractivity contribution in [1.82, 2.24) is 14.8 Å². The van der Waals surface area contributed by atoms with Crippen molar-refractivity contribution in [3.8, 4) is 11.6 Å². The number of ether oxygens (including phenoxy) is 2. The lowest BCUT2D eigenvalue weighted by molar-refractivity contribution is -0.118. The van der Waals surface area contributed by atoms with Crippen molar-refractivity contribution in [2.24, 2.45) is 0 Å². The van der Waals surface area contributed by atoms with Crippen molar-refractivity contribution in [3.05, 3.63) is 77.0 Å². The zero-order chi connectivity index (χ0) is 24.2. The van der Waals surface area contributed by atoms with E-state index in [1.165, 1.54) is 10.9 Å². The average molecular weight is 459 g/mol. The van der Waals surface area contributed by atoms with Crippen molar-refractivity contribution in [2.75, 3.05) is 18.5 Å².